The molecule has 32 heavy (non-hydrogen) atoms. The molecular weight excluding hydrogens is 426 g/mol. The molecule has 1 aromatic carbocycles. The third kappa shape index (κ3) is 6.78. The number of ketones is 1. The molecule has 0 bridgehead atoms. The molecule has 1 aliphatic rings. The highest BCUT2D eigenvalue weighted by molar-refractivity contribution is 7.99. The van der Waals surface area contributed by atoms with Gasteiger partial charge in [-0.2, -0.15) is 0 Å². The highest BCUT2D eigenvalue weighted by Gasteiger charge is 2.26. The summed E-state index contributed by atoms with van der Waals surface area (Å²) in [5.74, 6) is 0.857. The van der Waals surface area contributed by atoms with E-state index >= 15 is 0 Å². The van der Waals surface area contributed by atoms with Crippen LogP contribution in [0.5, 0.6) is 0 Å². The van der Waals surface area contributed by atoms with E-state index < -0.39 is 0 Å². The van der Waals surface area contributed by atoms with E-state index in [0.717, 1.165) is 31.6 Å². The summed E-state index contributed by atoms with van der Waals surface area (Å²) in [5.41, 5.74) is 1.25. The molecule has 1 aromatic heterocycles. The number of anilines is 2. The number of nitrogens with zero attached hydrogens (tertiary/aromatic N) is 3. The Morgan fingerprint density at radius 2 is 1.91 bits per heavy atom. The Morgan fingerprint density at radius 1 is 1.12 bits per heavy atom. The van der Waals surface area contributed by atoms with Gasteiger partial charge in [0.2, 0.25) is 11.8 Å². The lowest BCUT2D eigenvalue weighted by atomic mass is 9.97. The van der Waals surface area contributed by atoms with Gasteiger partial charge in [-0.25, -0.2) is 0 Å². The Kier molecular flexibility index (Phi) is 8.61. The largest absolute Gasteiger partial charge is 0.356 e. The first-order valence-electron chi connectivity index (χ1n) is 10.9. The van der Waals surface area contributed by atoms with Gasteiger partial charge in [0, 0.05) is 30.9 Å². The Bertz CT molecular complexity index is 934. The van der Waals surface area contributed by atoms with Gasteiger partial charge in [0.1, 0.15) is 5.03 Å². The predicted octanol–water partition coefficient (Wildman–Crippen LogP) is 3.15. The molecule has 1 saturated heterocycles. The third-order valence-electron chi connectivity index (χ3n) is 5.22. The van der Waals surface area contributed by atoms with Gasteiger partial charge in [0.05, 0.1) is 11.7 Å². The van der Waals surface area contributed by atoms with Crippen LogP contribution in [0.3, 0.4) is 0 Å². The van der Waals surface area contributed by atoms with Crippen LogP contribution in [0.2, 0.25) is 0 Å². The van der Waals surface area contributed by atoms with Gasteiger partial charge in [-0.05, 0) is 62.6 Å². The van der Waals surface area contributed by atoms with Crippen LogP contribution in [0.25, 0.3) is 0 Å². The van der Waals surface area contributed by atoms with Crippen molar-refractivity contribution in [1.29, 1.82) is 0 Å². The number of aromatic nitrogens is 2. The highest BCUT2D eigenvalue weighted by Crippen LogP contribution is 2.23. The first-order valence-corrected chi connectivity index (χ1v) is 11.8. The molecule has 0 radical (unpaired) electrons. The second-order valence-corrected chi connectivity index (χ2v) is 8.77. The van der Waals surface area contributed by atoms with Crippen molar-refractivity contribution in [2.75, 3.05) is 35.6 Å². The van der Waals surface area contributed by atoms with E-state index in [9.17, 15) is 14.4 Å². The average Bonchev–Trinajstić information content (AvgIpc) is 2.82. The fourth-order valence-corrected chi connectivity index (χ4v) is 4.09. The molecule has 2 N–H and O–H groups in total. The summed E-state index contributed by atoms with van der Waals surface area (Å²) in [6, 6.07) is 10.5. The average molecular weight is 456 g/mol. The first kappa shape index (κ1) is 23.7. The number of rotatable bonds is 9. The van der Waals surface area contributed by atoms with Crippen molar-refractivity contribution in [3.05, 3.63) is 42.0 Å². The zero-order valence-corrected chi connectivity index (χ0v) is 19.3. The van der Waals surface area contributed by atoms with Gasteiger partial charge >= 0.3 is 0 Å². The van der Waals surface area contributed by atoms with Crippen molar-refractivity contribution in [3.8, 4) is 0 Å². The van der Waals surface area contributed by atoms with Crippen molar-refractivity contribution in [2.45, 2.75) is 38.1 Å². The number of benzene rings is 1. The first-order chi connectivity index (χ1) is 15.5. The van der Waals surface area contributed by atoms with Crippen LogP contribution >= 0.6 is 11.8 Å². The molecule has 9 heteroatoms. The van der Waals surface area contributed by atoms with Gasteiger partial charge in [0.25, 0.3) is 0 Å². The van der Waals surface area contributed by atoms with Crippen LogP contribution in [0.4, 0.5) is 11.5 Å². The van der Waals surface area contributed by atoms with Crippen molar-refractivity contribution in [2.24, 2.45) is 5.92 Å². The quantitative estimate of drug-likeness (QED) is 0.442. The van der Waals surface area contributed by atoms with Crippen LogP contribution in [-0.4, -0.2) is 53.2 Å². The molecule has 2 amide bonds. The molecule has 1 fully saturated rings. The fourth-order valence-electron chi connectivity index (χ4n) is 3.48. The number of carbonyl (C=O) groups excluding carboxylic acids is 3. The van der Waals surface area contributed by atoms with E-state index in [2.05, 4.69) is 25.7 Å². The smallest absolute Gasteiger partial charge is 0.234 e. The summed E-state index contributed by atoms with van der Waals surface area (Å²) in [6.45, 7) is 5.74. The molecule has 0 spiro atoms. The molecule has 8 nitrogen and oxygen atoms in total. The van der Waals surface area contributed by atoms with E-state index in [0.29, 0.717) is 29.4 Å². The van der Waals surface area contributed by atoms with Gasteiger partial charge in [-0.3, -0.25) is 14.4 Å². The van der Waals surface area contributed by atoms with Crippen LogP contribution in [0, 0.1) is 5.92 Å². The minimum atomic E-state index is -0.159. The molecule has 0 unspecified atom stereocenters. The normalized spacial score (nSPS) is 15.8. The van der Waals surface area contributed by atoms with E-state index in [4.69, 9.17) is 0 Å². The van der Waals surface area contributed by atoms with Crippen molar-refractivity contribution < 1.29 is 14.4 Å². The molecule has 0 aliphatic carbocycles. The number of amides is 2. The monoisotopic (exact) mass is 455 g/mol. The van der Waals surface area contributed by atoms with Gasteiger partial charge < -0.3 is 15.5 Å². The van der Waals surface area contributed by atoms with Crippen LogP contribution in [0.15, 0.2) is 41.4 Å². The van der Waals surface area contributed by atoms with Gasteiger partial charge in [0.15, 0.2) is 11.6 Å². The zero-order chi connectivity index (χ0) is 22.9. The maximum atomic E-state index is 12.3. The summed E-state index contributed by atoms with van der Waals surface area (Å²) in [5, 5.41) is 15.0. The number of Topliss-reactive ketones (excluding diaryl/α,β-unsaturated/α-hetero) is 1. The fraction of sp³-hybridized carbons (Fsp3) is 0.435. The molecule has 1 atom stereocenters. The van der Waals surface area contributed by atoms with E-state index in [-0.39, 0.29) is 29.3 Å². The molecule has 2 aromatic rings. The van der Waals surface area contributed by atoms with Crippen LogP contribution in [0.1, 0.15) is 43.5 Å². The molecule has 1 aliphatic heterocycles. The predicted molar refractivity (Wildman–Crippen MR) is 126 cm³/mol. The van der Waals surface area contributed by atoms with Crippen LogP contribution < -0.4 is 15.5 Å². The summed E-state index contributed by atoms with van der Waals surface area (Å²) in [4.78, 5) is 37.9. The summed E-state index contributed by atoms with van der Waals surface area (Å²) < 4.78 is 0. The molecule has 2 heterocycles. The van der Waals surface area contributed by atoms with Crippen LogP contribution in [-0.2, 0) is 9.59 Å². The van der Waals surface area contributed by atoms with Gasteiger partial charge in [-0.1, -0.05) is 18.7 Å². The van der Waals surface area contributed by atoms with E-state index in [1.54, 1.807) is 24.3 Å². The number of piperidine rings is 1. The number of hydrogen-bond acceptors (Lipinski definition) is 7. The molecule has 0 saturated carbocycles. The maximum absolute atomic E-state index is 12.3. The zero-order valence-electron chi connectivity index (χ0n) is 18.5. The topological polar surface area (TPSA) is 104 Å². The van der Waals surface area contributed by atoms with Crippen molar-refractivity contribution in [1.82, 2.24) is 15.5 Å². The molecular formula is C23H29N5O3S. The SMILES string of the molecule is CCCNC(=O)[C@H]1CCCN(c2ccc(SCC(=O)Nc3ccc(C(C)=O)cc3)nn2)C1. The maximum Gasteiger partial charge on any atom is 0.234 e. The minimum absolute atomic E-state index is 0.0136. The number of hydrogen-bond donors (Lipinski definition) is 2. The number of carbonyl (C=O) groups is 3. The lowest BCUT2D eigenvalue weighted by molar-refractivity contribution is -0.125. The minimum Gasteiger partial charge on any atom is -0.356 e. The second-order valence-electron chi connectivity index (χ2n) is 7.78. The van der Waals surface area contributed by atoms with E-state index in [1.165, 1.54) is 18.7 Å². The molecule has 170 valence electrons. The summed E-state index contributed by atoms with van der Waals surface area (Å²) in [6.07, 6.45) is 2.76. The lowest BCUT2D eigenvalue weighted by Gasteiger charge is -2.32. The van der Waals surface area contributed by atoms with Crippen molar-refractivity contribution in [3.63, 3.8) is 0 Å². The van der Waals surface area contributed by atoms with Gasteiger partial charge in [-0.15, -0.1) is 10.2 Å². The lowest BCUT2D eigenvalue weighted by Crippen LogP contribution is -2.43. The Labute approximate surface area is 192 Å². The van der Waals surface area contributed by atoms with Crippen molar-refractivity contribution >= 4 is 40.9 Å². The standard InChI is InChI=1S/C23H29N5O3S/c1-3-12-24-23(31)18-5-4-13-28(14-18)20-10-11-22(27-26-20)32-15-21(30)25-19-8-6-17(7-9-19)16(2)29/h6-11,18H,3-5,12-15H2,1-2H3,(H,24,31)(H,25,30)/t18-/m0/s1. The Hall–Kier alpha value is -2.94. The number of thioether (sulfide) groups is 1. The Balaban J connectivity index is 1.48. The third-order valence-corrected chi connectivity index (χ3v) is 6.14. The highest BCUT2D eigenvalue weighted by atomic mass is 32.2. The number of nitrogens with one attached hydrogen (secondary N) is 2. The summed E-state index contributed by atoms with van der Waals surface area (Å²) >= 11 is 1.30. The summed E-state index contributed by atoms with van der Waals surface area (Å²) in [7, 11) is 0. The van der Waals surface area contributed by atoms with E-state index in [1.807, 2.05) is 19.1 Å². The second kappa shape index (κ2) is 11.6. The Morgan fingerprint density at radius 3 is 2.56 bits per heavy atom. The molecule has 3 rings (SSSR count).